The molecule has 0 saturated carbocycles. The molecular weight excluding hydrogens is 306 g/mol. The number of aryl methyl sites for hydroxylation is 1. The van der Waals surface area contributed by atoms with Gasteiger partial charge in [-0.05, 0) is 36.1 Å². The van der Waals surface area contributed by atoms with Gasteiger partial charge in [-0.1, -0.05) is 29.5 Å². The van der Waals surface area contributed by atoms with Gasteiger partial charge in [0.1, 0.15) is 6.61 Å². The lowest BCUT2D eigenvalue weighted by Gasteiger charge is -2.06. The van der Waals surface area contributed by atoms with Gasteiger partial charge in [0.05, 0.1) is 6.54 Å². The van der Waals surface area contributed by atoms with Crippen molar-refractivity contribution in [2.45, 2.75) is 13.5 Å². The van der Waals surface area contributed by atoms with Crippen LogP contribution in [0.25, 0.3) is 0 Å². The van der Waals surface area contributed by atoms with Crippen LogP contribution in [0.15, 0.2) is 29.6 Å². The first-order valence-electron chi connectivity index (χ1n) is 6.32. The minimum atomic E-state index is -0.177. The van der Waals surface area contributed by atoms with Crippen LogP contribution in [-0.2, 0) is 6.54 Å². The first-order valence-corrected chi connectivity index (χ1v) is 7.58. The summed E-state index contributed by atoms with van der Waals surface area (Å²) in [6.07, 6.45) is 0. The molecule has 0 bridgehead atoms. The van der Waals surface area contributed by atoms with E-state index in [0.717, 1.165) is 16.0 Å². The SMILES string of the molecule is Cc1ccc(C(=O)NCc2sccc2C#CCO)cc1Cl. The van der Waals surface area contributed by atoms with Crippen molar-refractivity contribution < 1.29 is 9.90 Å². The first-order chi connectivity index (χ1) is 10.1. The zero-order chi connectivity index (χ0) is 15.2. The van der Waals surface area contributed by atoms with Crippen molar-refractivity contribution in [3.05, 3.63) is 56.2 Å². The third-order valence-electron chi connectivity index (χ3n) is 2.89. The molecule has 1 aromatic carbocycles. The number of hydrogen-bond donors (Lipinski definition) is 2. The van der Waals surface area contributed by atoms with Gasteiger partial charge in [0.2, 0.25) is 0 Å². The van der Waals surface area contributed by atoms with Crippen LogP contribution in [0.1, 0.15) is 26.4 Å². The van der Waals surface area contributed by atoms with Gasteiger partial charge in [-0.25, -0.2) is 0 Å². The van der Waals surface area contributed by atoms with Crippen LogP contribution in [-0.4, -0.2) is 17.6 Å². The van der Waals surface area contributed by atoms with Gasteiger partial charge in [-0.3, -0.25) is 4.79 Å². The number of aliphatic hydroxyl groups excluding tert-OH is 1. The van der Waals surface area contributed by atoms with Crippen molar-refractivity contribution in [1.82, 2.24) is 5.32 Å². The van der Waals surface area contributed by atoms with Crippen molar-refractivity contribution in [1.29, 1.82) is 0 Å². The number of nitrogens with one attached hydrogen (secondary N) is 1. The third kappa shape index (κ3) is 4.08. The highest BCUT2D eigenvalue weighted by molar-refractivity contribution is 7.10. The van der Waals surface area contributed by atoms with Gasteiger partial charge in [0.15, 0.2) is 0 Å². The molecule has 2 N–H and O–H groups in total. The zero-order valence-corrected chi connectivity index (χ0v) is 13.0. The Labute approximate surface area is 132 Å². The Morgan fingerprint density at radius 3 is 2.95 bits per heavy atom. The summed E-state index contributed by atoms with van der Waals surface area (Å²) in [5, 5.41) is 14.1. The Kier molecular flexibility index (Phi) is 5.40. The second-order valence-electron chi connectivity index (χ2n) is 4.36. The molecule has 2 rings (SSSR count). The number of halogens is 1. The second-order valence-corrected chi connectivity index (χ2v) is 5.77. The quantitative estimate of drug-likeness (QED) is 0.855. The minimum Gasteiger partial charge on any atom is -0.384 e. The maximum atomic E-state index is 12.1. The second kappa shape index (κ2) is 7.28. The zero-order valence-electron chi connectivity index (χ0n) is 11.4. The molecule has 2 aromatic rings. The Balaban J connectivity index is 2.04. The van der Waals surface area contributed by atoms with Crippen LogP contribution in [0.4, 0.5) is 0 Å². The van der Waals surface area contributed by atoms with Crippen LogP contribution in [0.5, 0.6) is 0 Å². The lowest BCUT2D eigenvalue weighted by molar-refractivity contribution is 0.0951. The van der Waals surface area contributed by atoms with Gasteiger partial charge >= 0.3 is 0 Å². The number of aliphatic hydroxyl groups is 1. The summed E-state index contributed by atoms with van der Waals surface area (Å²) in [6, 6.07) is 7.10. The van der Waals surface area contributed by atoms with Crippen LogP contribution < -0.4 is 5.32 Å². The molecule has 21 heavy (non-hydrogen) atoms. The number of amides is 1. The average Bonchev–Trinajstić information content (AvgIpc) is 2.92. The number of benzene rings is 1. The number of thiophene rings is 1. The molecule has 0 aliphatic carbocycles. The van der Waals surface area contributed by atoms with Gasteiger partial charge in [0.25, 0.3) is 5.91 Å². The molecule has 1 aromatic heterocycles. The van der Waals surface area contributed by atoms with Crippen molar-refractivity contribution in [2.24, 2.45) is 0 Å². The highest BCUT2D eigenvalue weighted by Gasteiger charge is 2.09. The number of carbonyl (C=O) groups excluding carboxylic acids is 1. The predicted octanol–water partition coefficient (Wildman–Crippen LogP) is 2.98. The predicted molar refractivity (Wildman–Crippen MR) is 85.6 cm³/mol. The summed E-state index contributed by atoms with van der Waals surface area (Å²) in [7, 11) is 0. The topological polar surface area (TPSA) is 49.3 Å². The first kappa shape index (κ1) is 15.6. The van der Waals surface area contributed by atoms with Crippen LogP contribution >= 0.6 is 22.9 Å². The molecule has 0 fully saturated rings. The van der Waals surface area contributed by atoms with E-state index in [-0.39, 0.29) is 12.5 Å². The van der Waals surface area contributed by atoms with Gasteiger partial charge in [-0.2, -0.15) is 0 Å². The maximum Gasteiger partial charge on any atom is 0.251 e. The summed E-state index contributed by atoms with van der Waals surface area (Å²) >= 11 is 7.54. The number of hydrogen-bond acceptors (Lipinski definition) is 3. The Morgan fingerprint density at radius 1 is 1.43 bits per heavy atom. The Morgan fingerprint density at radius 2 is 2.24 bits per heavy atom. The molecule has 108 valence electrons. The lowest BCUT2D eigenvalue weighted by atomic mass is 10.1. The summed E-state index contributed by atoms with van der Waals surface area (Å²) in [4.78, 5) is 13.0. The molecule has 0 atom stereocenters. The van der Waals surface area contributed by atoms with E-state index in [1.807, 2.05) is 24.4 Å². The van der Waals surface area contributed by atoms with Crippen molar-refractivity contribution in [3.63, 3.8) is 0 Å². The molecule has 0 saturated heterocycles. The fraction of sp³-hybridized carbons (Fsp3) is 0.188. The Bertz CT molecular complexity index is 713. The minimum absolute atomic E-state index is 0.175. The normalized spacial score (nSPS) is 9.86. The van der Waals surface area contributed by atoms with E-state index >= 15 is 0 Å². The van der Waals surface area contributed by atoms with E-state index in [2.05, 4.69) is 17.2 Å². The molecule has 0 aliphatic rings. The molecule has 0 aliphatic heterocycles. The number of carbonyl (C=O) groups is 1. The fourth-order valence-corrected chi connectivity index (χ4v) is 2.67. The smallest absolute Gasteiger partial charge is 0.251 e. The van der Waals surface area contributed by atoms with E-state index < -0.39 is 0 Å². The van der Waals surface area contributed by atoms with E-state index in [1.54, 1.807) is 12.1 Å². The van der Waals surface area contributed by atoms with Crippen molar-refractivity contribution in [2.75, 3.05) is 6.61 Å². The van der Waals surface area contributed by atoms with Crippen LogP contribution in [0, 0.1) is 18.8 Å². The maximum absolute atomic E-state index is 12.1. The van der Waals surface area contributed by atoms with Crippen molar-refractivity contribution >= 4 is 28.8 Å². The lowest BCUT2D eigenvalue weighted by Crippen LogP contribution is -2.22. The summed E-state index contributed by atoms with van der Waals surface area (Å²) in [5.74, 6) is 5.29. The average molecular weight is 320 g/mol. The van der Waals surface area contributed by atoms with Gasteiger partial charge < -0.3 is 10.4 Å². The summed E-state index contributed by atoms with van der Waals surface area (Å²) in [5.41, 5.74) is 2.30. The van der Waals surface area contributed by atoms with Gasteiger partial charge in [-0.15, -0.1) is 11.3 Å². The standard InChI is InChI=1S/C16H14ClNO2S/c1-11-4-5-13(9-14(11)17)16(20)18-10-15-12(3-2-7-19)6-8-21-15/h4-6,8-9,19H,7,10H2,1H3,(H,18,20). The molecule has 5 heteroatoms. The molecule has 0 spiro atoms. The molecule has 0 radical (unpaired) electrons. The van der Waals surface area contributed by atoms with Crippen molar-refractivity contribution in [3.8, 4) is 11.8 Å². The molecule has 3 nitrogen and oxygen atoms in total. The monoisotopic (exact) mass is 319 g/mol. The van der Waals surface area contributed by atoms with Crippen LogP contribution in [0.2, 0.25) is 5.02 Å². The Hall–Kier alpha value is -1.80. The van der Waals surface area contributed by atoms with E-state index in [4.69, 9.17) is 16.7 Å². The van der Waals surface area contributed by atoms with E-state index in [9.17, 15) is 4.79 Å². The molecule has 1 heterocycles. The number of rotatable bonds is 3. The molecular formula is C16H14ClNO2S. The third-order valence-corrected chi connectivity index (χ3v) is 4.22. The summed E-state index contributed by atoms with van der Waals surface area (Å²) in [6.45, 7) is 2.11. The van der Waals surface area contributed by atoms with E-state index in [0.29, 0.717) is 17.1 Å². The largest absolute Gasteiger partial charge is 0.384 e. The molecule has 0 unspecified atom stereocenters. The highest BCUT2D eigenvalue weighted by atomic mass is 35.5. The van der Waals surface area contributed by atoms with Gasteiger partial charge in [0, 0.05) is 21.0 Å². The summed E-state index contributed by atoms with van der Waals surface area (Å²) < 4.78 is 0. The highest BCUT2D eigenvalue weighted by Crippen LogP contribution is 2.18. The van der Waals surface area contributed by atoms with Crippen LogP contribution in [0.3, 0.4) is 0 Å². The fourth-order valence-electron chi connectivity index (χ4n) is 1.72. The molecule has 1 amide bonds. The van der Waals surface area contributed by atoms with E-state index in [1.165, 1.54) is 11.3 Å².